The molecule has 3 aromatic rings. The fraction of sp³-hybridized carbons (Fsp3) is 0.464. The number of aliphatic hydroxyl groups excluding tert-OH is 6. The van der Waals surface area contributed by atoms with Crippen LogP contribution in [-0.2, 0) is 14.2 Å². The van der Waals surface area contributed by atoms with Crippen molar-refractivity contribution in [3.8, 4) is 40.1 Å². The normalized spacial score (nSPS) is 32.5. The highest BCUT2D eigenvalue weighted by Gasteiger charge is 2.47. The summed E-state index contributed by atoms with van der Waals surface area (Å²) in [4.78, 5) is 13.7. The number of phenolic OH excluding ortho intramolecular Hbond substituents is 3. The Balaban J connectivity index is 1.49. The third-order valence-corrected chi connectivity index (χ3v) is 7.50. The first-order chi connectivity index (χ1) is 20.8. The lowest BCUT2D eigenvalue weighted by molar-refractivity contribution is -0.318. The number of aromatic hydroxyl groups is 3. The van der Waals surface area contributed by atoms with Crippen LogP contribution >= 0.6 is 0 Å². The fourth-order valence-corrected chi connectivity index (χ4v) is 4.99. The maximum atomic E-state index is 13.7. The van der Waals surface area contributed by atoms with Gasteiger partial charge in [-0.25, -0.2) is 0 Å². The van der Waals surface area contributed by atoms with E-state index in [0.29, 0.717) is 0 Å². The van der Waals surface area contributed by atoms with Crippen LogP contribution in [0.4, 0.5) is 0 Å². The molecule has 0 aliphatic carbocycles. The van der Waals surface area contributed by atoms with Crippen molar-refractivity contribution >= 4 is 11.0 Å². The molecule has 44 heavy (non-hydrogen) atoms. The summed E-state index contributed by atoms with van der Waals surface area (Å²) >= 11 is 0. The lowest BCUT2D eigenvalue weighted by atomic mass is 9.98. The summed E-state index contributed by atoms with van der Waals surface area (Å²) in [5, 5.41) is 92.1. The fourth-order valence-electron chi connectivity index (χ4n) is 4.99. The Morgan fingerprint density at radius 3 is 2.18 bits per heavy atom. The molecule has 0 unspecified atom stereocenters. The van der Waals surface area contributed by atoms with Crippen LogP contribution in [0.1, 0.15) is 6.92 Å². The first kappa shape index (κ1) is 31.7. The summed E-state index contributed by atoms with van der Waals surface area (Å²) in [7, 11) is 1.28. The predicted octanol–water partition coefficient (Wildman–Crippen LogP) is -1.38. The van der Waals surface area contributed by atoms with E-state index in [2.05, 4.69) is 0 Å². The van der Waals surface area contributed by atoms with E-state index in [1.807, 2.05) is 0 Å². The maximum Gasteiger partial charge on any atom is 0.239 e. The topological polar surface area (TPSA) is 258 Å². The van der Waals surface area contributed by atoms with Crippen LogP contribution in [0.5, 0.6) is 28.7 Å². The average molecular weight is 625 g/mol. The molecule has 1 aromatic heterocycles. The van der Waals surface area contributed by atoms with Crippen LogP contribution in [0.25, 0.3) is 22.3 Å². The zero-order valence-electron chi connectivity index (χ0n) is 23.3. The zero-order chi connectivity index (χ0) is 32.0. The maximum absolute atomic E-state index is 13.7. The van der Waals surface area contributed by atoms with Crippen molar-refractivity contribution in [2.24, 2.45) is 0 Å². The minimum Gasteiger partial charge on any atom is -0.508 e. The molecule has 240 valence electrons. The average Bonchev–Trinajstić information content (AvgIpc) is 2.98. The van der Waals surface area contributed by atoms with Crippen LogP contribution in [0.15, 0.2) is 39.5 Å². The molecule has 16 nitrogen and oxygen atoms in total. The van der Waals surface area contributed by atoms with Gasteiger partial charge in [0.25, 0.3) is 0 Å². The van der Waals surface area contributed by atoms with Gasteiger partial charge in [-0.2, -0.15) is 0 Å². The molecule has 9 N–H and O–H groups in total. The lowest BCUT2D eigenvalue weighted by Gasteiger charge is -2.42. The molecule has 0 spiro atoms. The Labute approximate surface area is 248 Å². The van der Waals surface area contributed by atoms with Gasteiger partial charge in [0.2, 0.25) is 17.5 Å². The van der Waals surface area contributed by atoms with Gasteiger partial charge in [0.15, 0.2) is 23.5 Å². The largest absolute Gasteiger partial charge is 0.508 e. The number of benzene rings is 2. The highest BCUT2D eigenvalue weighted by molar-refractivity contribution is 5.88. The Morgan fingerprint density at radius 1 is 0.795 bits per heavy atom. The van der Waals surface area contributed by atoms with Gasteiger partial charge in [-0.15, -0.1) is 0 Å². The lowest BCUT2D eigenvalue weighted by Crippen LogP contribution is -2.61. The van der Waals surface area contributed by atoms with E-state index in [0.717, 1.165) is 12.1 Å². The Hall–Kier alpha value is -3.71. The molecule has 0 amide bonds. The molecular formula is C28H32O16. The van der Waals surface area contributed by atoms with Crippen LogP contribution in [-0.4, -0.2) is 121 Å². The number of aliphatic hydroxyl groups is 6. The summed E-state index contributed by atoms with van der Waals surface area (Å²) in [6.45, 7) is 0.845. The molecule has 5 rings (SSSR count). The van der Waals surface area contributed by atoms with Gasteiger partial charge < -0.3 is 74.1 Å². The predicted molar refractivity (Wildman–Crippen MR) is 145 cm³/mol. The Morgan fingerprint density at radius 2 is 1.48 bits per heavy atom. The molecule has 2 fully saturated rings. The van der Waals surface area contributed by atoms with E-state index in [1.165, 1.54) is 32.2 Å². The molecule has 2 aromatic carbocycles. The van der Waals surface area contributed by atoms with E-state index >= 15 is 0 Å². The van der Waals surface area contributed by atoms with Crippen LogP contribution in [0.2, 0.25) is 0 Å². The third-order valence-electron chi connectivity index (χ3n) is 7.50. The second kappa shape index (κ2) is 12.4. The highest BCUT2D eigenvalue weighted by atomic mass is 16.7. The summed E-state index contributed by atoms with van der Waals surface area (Å²) in [6.07, 6.45) is -16.0. The van der Waals surface area contributed by atoms with Crippen molar-refractivity contribution in [1.29, 1.82) is 0 Å². The zero-order valence-corrected chi connectivity index (χ0v) is 23.3. The number of hydrogen-bond acceptors (Lipinski definition) is 16. The standard InChI is InChI=1S/C28H32O16/c1-9-18(32)21(35)23(37)27(41-9)40-8-16-19(33)22(36)24(38)28(43-16)44-26-20(34)17-13(31)6-11(29)7-15(17)42-25(26)10-3-4-12(30)14(5-10)39-2/h3-7,9,16,18-19,21-24,27-33,35-38H,8H2,1-2H3/t9-,16+,18-,19-,21+,22-,23+,24+,27+,28-/m1/s1. The number of rotatable bonds is 7. The van der Waals surface area contributed by atoms with Crippen molar-refractivity contribution in [3.05, 3.63) is 40.6 Å². The second-order valence-corrected chi connectivity index (χ2v) is 10.5. The van der Waals surface area contributed by atoms with Crippen LogP contribution in [0, 0.1) is 0 Å². The first-order valence-electron chi connectivity index (χ1n) is 13.4. The van der Waals surface area contributed by atoms with E-state index in [4.69, 9.17) is 28.1 Å². The molecule has 16 heteroatoms. The first-order valence-corrected chi connectivity index (χ1v) is 13.4. The SMILES string of the molecule is COc1cc(-c2oc3cc(O)cc(O)c3c(=O)c2O[C@H]2O[C@@H](CO[C@H]3O[C@H](C)[C@@H](O)[C@H](O)[C@@H]3O)[C@@H](O)[C@@H](O)[C@@H]2O)ccc1O. The molecule has 3 heterocycles. The number of ether oxygens (including phenoxy) is 5. The van der Waals surface area contributed by atoms with Crippen molar-refractivity contribution in [2.75, 3.05) is 13.7 Å². The van der Waals surface area contributed by atoms with E-state index < -0.39 is 96.1 Å². The number of phenols is 3. The number of methoxy groups -OCH3 is 1. The molecule has 0 saturated carbocycles. The number of fused-ring (bicyclic) bond motifs is 1. The van der Waals surface area contributed by atoms with Crippen molar-refractivity contribution in [3.63, 3.8) is 0 Å². The van der Waals surface area contributed by atoms with Gasteiger partial charge in [-0.1, -0.05) is 0 Å². The quantitative estimate of drug-likeness (QED) is 0.147. The number of hydrogen-bond donors (Lipinski definition) is 9. The highest BCUT2D eigenvalue weighted by Crippen LogP contribution is 2.39. The monoisotopic (exact) mass is 624 g/mol. The third kappa shape index (κ3) is 5.74. The molecular weight excluding hydrogens is 592 g/mol. The van der Waals surface area contributed by atoms with E-state index in [9.17, 15) is 50.8 Å². The minimum absolute atomic E-state index is 0.0151. The minimum atomic E-state index is -1.94. The smallest absolute Gasteiger partial charge is 0.239 e. The Bertz CT molecular complexity index is 1560. The van der Waals surface area contributed by atoms with Gasteiger partial charge in [0.1, 0.15) is 65.2 Å². The van der Waals surface area contributed by atoms with Crippen LogP contribution in [0.3, 0.4) is 0 Å². The summed E-state index contributed by atoms with van der Waals surface area (Å²) in [5.41, 5.74) is -1.11. The van der Waals surface area contributed by atoms with Crippen molar-refractivity contribution < 1.29 is 74.1 Å². The molecule has 0 radical (unpaired) electrons. The van der Waals surface area contributed by atoms with E-state index in [1.54, 1.807) is 0 Å². The van der Waals surface area contributed by atoms with E-state index in [-0.39, 0.29) is 28.4 Å². The molecule has 0 bridgehead atoms. The Kier molecular flexibility index (Phi) is 8.90. The summed E-state index contributed by atoms with van der Waals surface area (Å²) < 4.78 is 33.2. The van der Waals surface area contributed by atoms with Crippen LogP contribution < -0.4 is 14.9 Å². The summed E-state index contributed by atoms with van der Waals surface area (Å²) in [6, 6.07) is 5.83. The molecule has 2 aliphatic heterocycles. The van der Waals surface area contributed by atoms with Gasteiger partial charge >= 0.3 is 0 Å². The van der Waals surface area contributed by atoms with Crippen molar-refractivity contribution in [1.82, 2.24) is 0 Å². The van der Waals surface area contributed by atoms with Gasteiger partial charge in [0.05, 0.1) is 19.8 Å². The van der Waals surface area contributed by atoms with Crippen molar-refractivity contribution in [2.45, 2.75) is 68.3 Å². The van der Waals surface area contributed by atoms with Gasteiger partial charge in [0, 0.05) is 17.7 Å². The molecule has 2 saturated heterocycles. The second-order valence-electron chi connectivity index (χ2n) is 10.5. The van der Waals surface area contributed by atoms with Gasteiger partial charge in [-0.05, 0) is 25.1 Å². The molecule has 10 atom stereocenters. The molecule has 2 aliphatic rings. The summed E-state index contributed by atoms with van der Waals surface area (Å²) in [5.74, 6) is -2.28. The van der Waals surface area contributed by atoms with Gasteiger partial charge in [-0.3, -0.25) is 4.79 Å².